The van der Waals surface area contributed by atoms with Crippen molar-refractivity contribution in [3.63, 3.8) is 0 Å². The molecule has 0 aliphatic heterocycles. The van der Waals surface area contributed by atoms with Gasteiger partial charge in [0.1, 0.15) is 5.82 Å². The summed E-state index contributed by atoms with van der Waals surface area (Å²) >= 11 is 5.67. The number of rotatable bonds is 5. The Balaban J connectivity index is 2.70. The van der Waals surface area contributed by atoms with E-state index in [0.717, 1.165) is 12.8 Å². The minimum Gasteiger partial charge on any atom is -0.271 e. The van der Waals surface area contributed by atoms with Crippen molar-refractivity contribution in [2.45, 2.75) is 32.2 Å². The van der Waals surface area contributed by atoms with Crippen molar-refractivity contribution in [2.24, 2.45) is 5.84 Å². The van der Waals surface area contributed by atoms with Gasteiger partial charge in [0.25, 0.3) is 0 Å². The van der Waals surface area contributed by atoms with E-state index < -0.39 is 0 Å². The van der Waals surface area contributed by atoms with Gasteiger partial charge in [-0.25, -0.2) is 4.39 Å². The molecule has 1 aromatic rings. The predicted octanol–water partition coefficient (Wildman–Crippen LogP) is 2.65. The third kappa shape index (κ3) is 3.78. The molecule has 0 bridgehead atoms. The summed E-state index contributed by atoms with van der Waals surface area (Å²) in [5.41, 5.74) is 3.34. The smallest absolute Gasteiger partial charge is 0.127 e. The molecule has 3 N–H and O–H groups in total. The number of hydrogen-bond donors (Lipinski definition) is 2. The molecule has 1 atom stereocenters. The topological polar surface area (TPSA) is 38.0 Å². The minimum absolute atomic E-state index is 0.116. The zero-order chi connectivity index (χ0) is 11.3. The molecule has 0 heterocycles. The SMILES string of the molecule is CCCC(Cc1ccc(Cl)cc1F)NN. The summed E-state index contributed by atoms with van der Waals surface area (Å²) in [5.74, 6) is 5.12. The Morgan fingerprint density at radius 3 is 2.80 bits per heavy atom. The quantitative estimate of drug-likeness (QED) is 0.603. The molecule has 0 aromatic heterocycles. The average molecular weight is 231 g/mol. The summed E-state index contributed by atoms with van der Waals surface area (Å²) in [7, 11) is 0. The van der Waals surface area contributed by atoms with Crippen molar-refractivity contribution in [3.05, 3.63) is 34.6 Å². The van der Waals surface area contributed by atoms with Gasteiger partial charge in [-0.15, -0.1) is 0 Å². The van der Waals surface area contributed by atoms with Crippen molar-refractivity contribution >= 4 is 11.6 Å². The molecular weight excluding hydrogens is 215 g/mol. The van der Waals surface area contributed by atoms with Crippen LogP contribution in [0.15, 0.2) is 18.2 Å². The first kappa shape index (κ1) is 12.4. The maximum atomic E-state index is 13.4. The molecule has 0 radical (unpaired) electrons. The standard InChI is InChI=1S/C11H16ClFN2/c1-2-3-10(15-14)6-8-4-5-9(12)7-11(8)13/h4-5,7,10,15H,2-3,6,14H2,1H3. The zero-order valence-corrected chi connectivity index (χ0v) is 9.52. The molecule has 1 unspecified atom stereocenters. The van der Waals surface area contributed by atoms with Gasteiger partial charge in [-0.3, -0.25) is 11.3 Å². The number of hydrazine groups is 1. The minimum atomic E-state index is -0.265. The summed E-state index contributed by atoms with van der Waals surface area (Å²) in [6.07, 6.45) is 2.54. The van der Waals surface area contributed by atoms with Crippen LogP contribution in [0.25, 0.3) is 0 Å². The van der Waals surface area contributed by atoms with Gasteiger partial charge < -0.3 is 0 Å². The van der Waals surface area contributed by atoms with Crippen LogP contribution in [0, 0.1) is 5.82 Å². The molecule has 0 aliphatic rings. The summed E-state index contributed by atoms with van der Waals surface area (Å²) in [4.78, 5) is 0. The summed E-state index contributed by atoms with van der Waals surface area (Å²) < 4.78 is 13.4. The molecule has 84 valence electrons. The van der Waals surface area contributed by atoms with Gasteiger partial charge in [-0.2, -0.15) is 0 Å². The molecule has 0 fully saturated rings. The normalized spacial score (nSPS) is 12.8. The van der Waals surface area contributed by atoms with Gasteiger partial charge in [0, 0.05) is 11.1 Å². The molecule has 0 saturated carbocycles. The van der Waals surface area contributed by atoms with Crippen molar-refractivity contribution in [1.29, 1.82) is 0 Å². The summed E-state index contributed by atoms with van der Waals surface area (Å²) in [6.45, 7) is 2.07. The summed E-state index contributed by atoms with van der Waals surface area (Å²) in [6, 6.07) is 4.85. The van der Waals surface area contributed by atoms with Gasteiger partial charge in [0.05, 0.1) is 0 Å². The lowest BCUT2D eigenvalue weighted by atomic mass is 10.0. The van der Waals surface area contributed by atoms with Gasteiger partial charge in [-0.1, -0.05) is 31.0 Å². The van der Waals surface area contributed by atoms with Crippen LogP contribution in [-0.4, -0.2) is 6.04 Å². The van der Waals surface area contributed by atoms with Crippen molar-refractivity contribution in [2.75, 3.05) is 0 Å². The number of halogens is 2. The lowest BCUT2D eigenvalue weighted by molar-refractivity contribution is 0.475. The molecule has 1 rings (SSSR count). The Kier molecular flexibility index (Phi) is 5.02. The summed E-state index contributed by atoms with van der Waals surface area (Å²) in [5, 5.41) is 0.420. The van der Waals surface area contributed by atoms with E-state index in [1.54, 1.807) is 12.1 Å². The molecular formula is C11H16ClFN2. The van der Waals surface area contributed by atoms with Crippen molar-refractivity contribution in [1.82, 2.24) is 5.43 Å². The molecule has 0 saturated heterocycles. The van der Waals surface area contributed by atoms with Crippen LogP contribution in [-0.2, 0) is 6.42 Å². The first-order valence-electron chi connectivity index (χ1n) is 5.07. The van der Waals surface area contributed by atoms with Crippen LogP contribution in [0.5, 0.6) is 0 Å². The van der Waals surface area contributed by atoms with E-state index in [2.05, 4.69) is 12.3 Å². The van der Waals surface area contributed by atoms with Crippen molar-refractivity contribution < 1.29 is 4.39 Å². The highest BCUT2D eigenvalue weighted by Gasteiger charge is 2.10. The van der Waals surface area contributed by atoms with Crippen LogP contribution in [0.4, 0.5) is 4.39 Å². The highest BCUT2D eigenvalue weighted by atomic mass is 35.5. The van der Waals surface area contributed by atoms with E-state index in [1.165, 1.54) is 6.07 Å². The van der Waals surface area contributed by atoms with Gasteiger partial charge in [0.15, 0.2) is 0 Å². The van der Waals surface area contributed by atoms with E-state index in [1.807, 2.05) is 0 Å². The maximum Gasteiger partial charge on any atom is 0.127 e. The highest BCUT2D eigenvalue weighted by molar-refractivity contribution is 6.30. The first-order valence-corrected chi connectivity index (χ1v) is 5.45. The number of hydrogen-bond acceptors (Lipinski definition) is 2. The van der Waals surface area contributed by atoms with E-state index in [0.29, 0.717) is 17.0 Å². The van der Waals surface area contributed by atoms with Crippen molar-refractivity contribution in [3.8, 4) is 0 Å². The van der Waals surface area contributed by atoms with Gasteiger partial charge in [-0.05, 0) is 30.5 Å². The first-order chi connectivity index (χ1) is 7.17. The maximum absolute atomic E-state index is 13.4. The third-order valence-electron chi connectivity index (χ3n) is 2.35. The van der Waals surface area contributed by atoms with Gasteiger partial charge in [0.2, 0.25) is 0 Å². The second-order valence-corrected chi connectivity index (χ2v) is 4.03. The number of nitrogens with one attached hydrogen (secondary N) is 1. The molecule has 0 aliphatic carbocycles. The lowest BCUT2D eigenvalue weighted by Crippen LogP contribution is -2.36. The molecule has 15 heavy (non-hydrogen) atoms. The molecule has 0 amide bonds. The molecule has 0 spiro atoms. The second kappa shape index (κ2) is 6.05. The zero-order valence-electron chi connectivity index (χ0n) is 8.76. The van der Waals surface area contributed by atoms with Crippen LogP contribution < -0.4 is 11.3 Å². The number of nitrogens with two attached hydrogens (primary N) is 1. The van der Waals surface area contributed by atoms with Crippen LogP contribution in [0.2, 0.25) is 5.02 Å². The highest BCUT2D eigenvalue weighted by Crippen LogP contribution is 2.16. The molecule has 4 heteroatoms. The largest absolute Gasteiger partial charge is 0.271 e. The fraction of sp³-hybridized carbons (Fsp3) is 0.455. The molecule has 1 aromatic carbocycles. The van der Waals surface area contributed by atoms with E-state index >= 15 is 0 Å². The third-order valence-corrected chi connectivity index (χ3v) is 2.59. The Morgan fingerprint density at radius 1 is 1.53 bits per heavy atom. The Bertz CT molecular complexity index is 317. The Labute approximate surface area is 94.6 Å². The molecule has 2 nitrogen and oxygen atoms in total. The lowest BCUT2D eigenvalue weighted by Gasteiger charge is -2.15. The second-order valence-electron chi connectivity index (χ2n) is 3.59. The van der Waals surface area contributed by atoms with Gasteiger partial charge >= 0.3 is 0 Å². The monoisotopic (exact) mass is 230 g/mol. The Hall–Kier alpha value is -0.640. The number of benzene rings is 1. The predicted molar refractivity (Wildman–Crippen MR) is 61.1 cm³/mol. The Morgan fingerprint density at radius 2 is 2.27 bits per heavy atom. The van der Waals surface area contributed by atoms with E-state index in [9.17, 15) is 4.39 Å². The fourth-order valence-electron chi connectivity index (χ4n) is 1.55. The van der Waals surface area contributed by atoms with E-state index in [4.69, 9.17) is 17.4 Å². The van der Waals surface area contributed by atoms with Crippen LogP contribution >= 0.6 is 11.6 Å². The van der Waals surface area contributed by atoms with E-state index in [-0.39, 0.29) is 11.9 Å². The van der Waals surface area contributed by atoms with Crippen LogP contribution in [0.3, 0.4) is 0 Å². The van der Waals surface area contributed by atoms with Crippen LogP contribution in [0.1, 0.15) is 25.3 Å². The average Bonchev–Trinajstić information content (AvgIpc) is 2.21. The fourth-order valence-corrected chi connectivity index (χ4v) is 1.70.